The summed E-state index contributed by atoms with van der Waals surface area (Å²) in [5.74, 6) is -0.625. The maximum Gasteiger partial charge on any atom is 0.335 e. The van der Waals surface area contributed by atoms with Crippen LogP contribution < -0.4 is 9.46 Å². The molecule has 0 aliphatic rings. The van der Waals surface area contributed by atoms with Crippen molar-refractivity contribution in [1.82, 2.24) is 0 Å². The van der Waals surface area contributed by atoms with Gasteiger partial charge in [0.15, 0.2) is 0 Å². The van der Waals surface area contributed by atoms with Crippen LogP contribution in [0, 0.1) is 0 Å². The Morgan fingerprint density at radius 2 is 1.87 bits per heavy atom. The number of nitrogens with one attached hydrogen (secondary N) is 1. The molecule has 0 saturated heterocycles. The van der Waals surface area contributed by atoms with E-state index >= 15 is 0 Å². The van der Waals surface area contributed by atoms with E-state index < -0.39 is 16.0 Å². The Balaban J connectivity index is 2.31. The van der Waals surface area contributed by atoms with Crippen molar-refractivity contribution in [1.29, 1.82) is 0 Å². The molecule has 0 radical (unpaired) electrons. The minimum atomic E-state index is -4.01. The fourth-order valence-corrected chi connectivity index (χ4v) is 3.42. The van der Waals surface area contributed by atoms with Gasteiger partial charge < -0.3 is 9.84 Å². The van der Waals surface area contributed by atoms with Gasteiger partial charge in [-0.1, -0.05) is 11.6 Å². The molecule has 0 saturated carbocycles. The minimum absolute atomic E-state index is 0.0616. The SMILES string of the molecule is CCOc1ccc(NS(=O)(=O)c2cc(C(=O)O)ccc2Cl)cc1. The maximum absolute atomic E-state index is 12.4. The summed E-state index contributed by atoms with van der Waals surface area (Å²) in [6.07, 6.45) is 0. The highest BCUT2D eigenvalue weighted by Gasteiger charge is 2.20. The zero-order valence-corrected chi connectivity index (χ0v) is 13.7. The summed E-state index contributed by atoms with van der Waals surface area (Å²) in [6, 6.07) is 9.81. The number of carboxylic acid groups (broad SMARTS) is 1. The Labute approximate surface area is 138 Å². The molecule has 0 spiro atoms. The molecule has 0 fully saturated rings. The summed E-state index contributed by atoms with van der Waals surface area (Å²) in [5.41, 5.74) is 0.145. The van der Waals surface area contributed by atoms with Crippen molar-refractivity contribution >= 4 is 33.3 Å². The molecule has 2 N–H and O–H groups in total. The summed E-state index contributed by atoms with van der Waals surface area (Å²) >= 11 is 5.89. The van der Waals surface area contributed by atoms with Crippen LogP contribution in [0.5, 0.6) is 5.75 Å². The topological polar surface area (TPSA) is 92.7 Å². The highest BCUT2D eigenvalue weighted by atomic mass is 35.5. The van der Waals surface area contributed by atoms with Crippen LogP contribution in [0.1, 0.15) is 17.3 Å². The molecule has 122 valence electrons. The molecule has 0 aliphatic heterocycles. The second-order valence-electron chi connectivity index (χ2n) is 4.51. The molecule has 2 aromatic rings. The lowest BCUT2D eigenvalue weighted by molar-refractivity contribution is 0.0696. The number of sulfonamides is 1. The fraction of sp³-hybridized carbons (Fsp3) is 0.133. The Morgan fingerprint density at radius 3 is 2.43 bits per heavy atom. The van der Waals surface area contributed by atoms with Gasteiger partial charge in [-0.15, -0.1) is 0 Å². The van der Waals surface area contributed by atoms with Crippen molar-refractivity contribution in [3.05, 3.63) is 53.1 Å². The van der Waals surface area contributed by atoms with Crippen LogP contribution in [0.2, 0.25) is 5.02 Å². The molecule has 23 heavy (non-hydrogen) atoms. The number of hydrogen-bond donors (Lipinski definition) is 2. The maximum atomic E-state index is 12.4. The molecule has 0 aliphatic carbocycles. The summed E-state index contributed by atoms with van der Waals surface area (Å²) in [6.45, 7) is 2.34. The van der Waals surface area contributed by atoms with Crippen LogP contribution in [-0.2, 0) is 10.0 Å². The van der Waals surface area contributed by atoms with Gasteiger partial charge in [0, 0.05) is 5.69 Å². The number of aromatic carboxylic acids is 1. The Bertz CT molecular complexity index is 818. The van der Waals surface area contributed by atoms with E-state index in [1.165, 1.54) is 24.3 Å². The standard InChI is InChI=1S/C15H14ClNO5S/c1-2-22-12-6-4-11(5-7-12)17-23(20,21)14-9-10(15(18)19)3-8-13(14)16/h3-9,17H,2H2,1H3,(H,18,19). The zero-order valence-electron chi connectivity index (χ0n) is 12.1. The molecule has 0 atom stereocenters. The summed E-state index contributed by atoms with van der Waals surface area (Å²) in [5, 5.41) is 8.90. The zero-order chi connectivity index (χ0) is 17.0. The van der Waals surface area contributed by atoms with Crippen LogP contribution >= 0.6 is 11.6 Å². The van der Waals surface area contributed by atoms with E-state index in [1.807, 2.05) is 6.92 Å². The predicted octanol–water partition coefficient (Wildman–Crippen LogP) is 3.24. The smallest absolute Gasteiger partial charge is 0.335 e. The van der Waals surface area contributed by atoms with Gasteiger partial charge >= 0.3 is 5.97 Å². The Hall–Kier alpha value is -2.25. The highest BCUT2D eigenvalue weighted by molar-refractivity contribution is 7.92. The molecule has 6 nitrogen and oxygen atoms in total. The molecule has 8 heteroatoms. The lowest BCUT2D eigenvalue weighted by Crippen LogP contribution is -2.14. The number of anilines is 1. The third kappa shape index (κ3) is 4.14. The number of halogens is 1. The first-order valence-electron chi connectivity index (χ1n) is 6.62. The molecule has 0 bridgehead atoms. The van der Waals surface area contributed by atoms with Gasteiger partial charge in [0.2, 0.25) is 0 Å². The van der Waals surface area contributed by atoms with E-state index in [0.29, 0.717) is 18.0 Å². The first kappa shape index (κ1) is 17.1. The van der Waals surface area contributed by atoms with E-state index in [9.17, 15) is 13.2 Å². The van der Waals surface area contributed by atoms with Gasteiger partial charge in [-0.3, -0.25) is 4.72 Å². The van der Waals surface area contributed by atoms with E-state index in [4.69, 9.17) is 21.4 Å². The number of hydrogen-bond acceptors (Lipinski definition) is 4. The average molecular weight is 356 g/mol. The lowest BCUT2D eigenvalue weighted by atomic mass is 10.2. The van der Waals surface area contributed by atoms with E-state index in [-0.39, 0.29) is 15.5 Å². The van der Waals surface area contributed by atoms with Crippen molar-refractivity contribution in [2.75, 3.05) is 11.3 Å². The molecule has 0 unspecified atom stereocenters. The molecule has 0 amide bonds. The summed E-state index contributed by atoms with van der Waals surface area (Å²) in [7, 11) is -4.01. The quantitative estimate of drug-likeness (QED) is 0.829. The molecular formula is C15H14ClNO5S. The minimum Gasteiger partial charge on any atom is -0.494 e. The fourth-order valence-electron chi connectivity index (χ4n) is 1.84. The second-order valence-corrected chi connectivity index (χ2v) is 6.57. The Morgan fingerprint density at radius 1 is 1.22 bits per heavy atom. The van der Waals surface area contributed by atoms with Gasteiger partial charge in [0.1, 0.15) is 10.6 Å². The number of carbonyl (C=O) groups is 1. The lowest BCUT2D eigenvalue weighted by Gasteiger charge is -2.11. The Kier molecular flexibility index (Phi) is 5.12. The van der Waals surface area contributed by atoms with Crippen LogP contribution in [0.25, 0.3) is 0 Å². The predicted molar refractivity (Wildman–Crippen MR) is 86.8 cm³/mol. The van der Waals surface area contributed by atoms with Crippen molar-refractivity contribution in [3.8, 4) is 5.75 Å². The van der Waals surface area contributed by atoms with Crippen molar-refractivity contribution in [3.63, 3.8) is 0 Å². The third-order valence-corrected chi connectivity index (χ3v) is 4.75. The molecule has 0 aromatic heterocycles. The number of ether oxygens (including phenoxy) is 1. The normalized spacial score (nSPS) is 11.0. The van der Waals surface area contributed by atoms with Gasteiger partial charge in [-0.2, -0.15) is 0 Å². The highest BCUT2D eigenvalue weighted by Crippen LogP contribution is 2.26. The number of benzene rings is 2. The van der Waals surface area contributed by atoms with Crippen LogP contribution in [0.3, 0.4) is 0 Å². The van der Waals surface area contributed by atoms with Gasteiger partial charge in [-0.25, -0.2) is 13.2 Å². The van der Waals surface area contributed by atoms with Crippen molar-refractivity contribution in [2.24, 2.45) is 0 Å². The van der Waals surface area contributed by atoms with E-state index in [0.717, 1.165) is 6.07 Å². The van der Waals surface area contributed by atoms with Gasteiger partial charge in [0.05, 0.1) is 17.2 Å². The summed E-state index contributed by atoms with van der Waals surface area (Å²) < 4.78 is 32.4. The third-order valence-electron chi connectivity index (χ3n) is 2.89. The van der Waals surface area contributed by atoms with Gasteiger partial charge in [-0.05, 0) is 49.4 Å². The first-order valence-corrected chi connectivity index (χ1v) is 8.48. The molecule has 0 heterocycles. The number of rotatable bonds is 6. The van der Waals surface area contributed by atoms with Gasteiger partial charge in [0.25, 0.3) is 10.0 Å². The number of carboxylic acids is 1. The van der Waals surface area contributed by atoms with E-state index in [2.05, 4.69) is 4.72 Å². The molecule has 2 aromatic carbocycles. The average Bonchev–Trinajstić information content (AvgIpc) is 2.49. The molecule has 2 rings (SSSR count). The van der Waals surface area contributed by atoms with E-state index in [1.54, 1.807) is 12.1 Å². The van der Waals surface area contributed by atoms with Crippen LogP contribution in [0.4, 0.5) is 5.69 Å². The van der Waals surface area contributed by atoms with Crippen molar-refractivity contribution in [2.45, 2.75) is 11.8 Å². The van der Waals surface area contributed by atoms with Crippen molar-refractivity contribution < 1.29 is 23.1 Å². The largest absolute Gasteiger partial charge is 0.494 e. The monoisotopic (exact) mass is 355 g/mol. The summed E-state index contributed by atoms with van der Waals surface area (Å²) in [4.78, 5) is 10.7. The first-order chi connectivity index (χ1) is 10.8. The second kappa shape index (κ2) is 6.89. The van der Waals surface area contributed by atoms with Crippen LogP contribution in [-0.4, -0.2) is 26.1 Å². The van der Waals surface area contributed by atoms with Crippen LogP contribution in [0.15, 0.2) is 47.4 Å². The molecular weight excluding hydrogens is 342 g/mol.